The molecule has 25 heavy (non-hydrogen) atoms. The molecule has 0 unspecified atom stereocenters. The number of benzene rings is 1. The van der Waals surface area contributed by atoms with Crippen LogP contribution in [0.1, 0.15) is 43.5 Å². The zero-order valence-corrected chi connectivity index (χ0v) is 15.2. The van der Waals surface area contributed by atoms with Gasteiger partial charge in [0.25, 0.3) is 11.6 Å². The molecule has 1 aliphatic carbocycles. The quantitative estimate of drug-likeness (QED) is 0.398. The number of nitrogens with one attached hydrogen (secondary N) is 2. The molecule has 0 radical (unpaired) electrons. The Balaban J connectivity index is 1.97. The van der Waals surface area contributed by atoms with Crippen LogP contribution >= 0.6 is 11.8 Å². The molecule has 0 heterocycles. The number of carbonyl (C=O) groups excluding carboxylic acids is 2. The summed E-state index contributed by atoms with van der Waals surface area (Å²) in [6.07, 6.45) is 2.91. The first-order chi connectivity index (χ1) is 11.9. The Labute approximate surface area is 151 Å². The van der Waals surface area contributed by atoms with Gasteiger partial charge in [-0.15, -0.1) is 11.8 Å². The number of hydrogen-bond acceptors (Lipinski definition) is 5. The second-order valence-electron chi connectivity index (χ2n) is 6.50. The third kappa shape index (κ3) is 6.38. The fourth-order valence-electron chi connectivity index (χ4n) is 2.10. The molecular weight excluding hydrogens is 342 g/mol. The molecule has 1 saturated carbocycles. The van der Waals surface area contributed by atoms with Crippen LogP contribution in [0.2, 0.25) is 0 Å². The Kier molecular flexibility index (Phi) is 6.81. The van der Waals surface area contributed by atoms with Gasteiger partial charge >= 0.3 is 0 Å². The summed E-state index contributed by atoms with van der Waals surface area (Å²) in [5.41, 5.74) is 0.1000. The van der Waals surface area contributed by atoms with Gasteiger partial charge in [0.1, 0.15) is 0 Å². The van der Waals surface area contributed by atoms with Gasteiger partial charge in [-0.2, -0.15) is 0 Å². The maximum atomic E-state index is 12.1. The molecular formula is C17H23N3O4S. The molecule has 0 aromatic heterocycles. The molecule has 0 atom stereocenters. The van der Waals surface area contributed by atoms with Crippen molar-refractivity contribution in [3.8, 4) is 0 Å². The molecule has 1 aromatic carbocycles. The van der Waals surface area contributed by atoms with Crippen molar-refractivity contribution in [1.82, 2.24) is 10.6 Å². The van der Waals surface area contributed by atoms with E-state index in [1.807, 2.05) is 0 Å². The van der Waals surface area contributed by atoms with E-state index in [0.717, 1.165) is 25.0 Å². The normalized spacial score (nSPS) is 13.6. The van der Waals surface area contributed by atoms with Crippen LogP contribution in [-0.2, 0) is 4.79 Å². The van der Waals surface area contributed by atoms with Crippen molar-refractivity contribution in [2.75, 3.05) is 12.3 Å². The first-order valence-corrected chi connectivity index (χ1v) is 9.34. The average Bonchev–Trinajstić information content (AvgIpc) is 3.36. The molecule has 1 aliphatic rings. The summed E-state index contributed by atoms with van der Waals surface area (Å²) in [4.78, 5) is 35.1. The van der Waals surface area contributed by atoms with Crippen molar-refractivity contribution < 1.29 is 14.5 Å². The minimum absolute atomic E-state index is 0.0798. The van der Waals surface area contributed by atoms with Crippen LogP contribution in [0.4, 0.5) is 5.69 Å². The van der Waals surface area contributed by atoms with Crippen LogP contribution in [0, 0.1) is 16.0 Å². The largest absolute Gasteiger partial charge is 0.352 e. The zero-order valence-electron chi connectivity index (χ0n) is 14.4. The van der Waals surface area contributed by atoms with Gasteiger partial charge in [0, 0.05) is 17.7 Å². The van der Waals surface area contributed by atoms with E-state index < -0.39 is 10.8 Å². The molecule has 1 fully saturated rings. The first kappa shape index (κ1) is 19.2. The molecule has 2 N–H and O–H groups in total. The zero-order chi connectivity index (χ0) is 18.4. The molecule has 2 amide bonds. The lowest BCUT2D eigenvalue weighted by atomic mass is 10.2. The summed E-state index contributed by atoms with van der Waals surface area (Å²) < 4.78 is 0. The van der Waals surface area contributed by atoms with Crippen molar-refractivity contribution in [1.29, 1.82) is 0 Å². The highest BCUT2D eigenvalue weighted by Gasteiger charge is 2.23. The molecule has 136 valence electrons. The molecule has 0 bridgehead atoms. The standard InChI is InChI=1S/C17H23N3O4S/c1-11(2)7-8-25-15-6-3-12(9-14(15)20(23)24)17(22)18-10-16(21)19-13-4-5-13/h3,6,9,11,13H,4-5,7-8,10H2,1-2H3,(H,18,22)(H,19,21). The third-order valence-electron chi connectivity index (χ3n) is 3.72. The second-order valence-corrected chi connectivity index (χ2v) is 7.63. The maximum absolute atomic E-state index is 12.1. The van der Waals surface area contributed by atoms with Crippen molar-refractivity contribution in [3.63, 3.8) is 0 Å². The average molecular weight is 365 g/mol. The van der Waals surface area contributed by atoms with Crippen molar-refractivity contribution >= 4 is 29.3 Å². The van der Waals surface area contributed by atoms with Gasteiger partial charge in [0.2, 0.25) is 5.91 Å². The number of hydrogen-bond donors (Lipinski definition) is 2. The molecule has 7 nitrogen and oxygen atoms in total. The summed E-state index contributed by atoms with van der Waals surface area (Å²) >= 11 is 1.42. The number of nitro benzene ring substituents is 1. The van der Waals surface area contributed by atoms with E-state index in [1.54, 1.807) is 12.1 Å². The smallest absolute Gasteiger partial charge is 0.283 e. The summed E-state index contributed by atoms with van der Waals surface area (Å²) in [6, 6.07) is 4.65. The predicted octanol–water partition coefficient (Wildman–Crippen LogP) is 2.74. The van der Waals surface area contributed by atoms with Gasteiger partial charge in [-0.25, -0.2) is 0 Å². The minimum Gasteiger partial charge on any atom is -0.352 e. The molecule has 1 aromatic rings. The second kappa shape index (κ2) is 8.84. The van der Waals surface area contributed by atoms with Crippen molar-refractivity contribution in [2.24, 2.45) is 5.92 Å². The van der Waals surface area contributed by atoms with Crippen LogP contribution in [0.5, 0.6) is 0 Å². The van der Waals surface area contributed by atoms with Gasteiger partial charge < -0.3 is 10.6 Å². The lowest BCUT2D eigenvalue weighted by Gasteiger charge is -2.08. The molecule has 0 saturated heterocycles. The lowest BCUT2D eigenvalue weighted by Crippen LogP contribution is -2.37. The topological polar surface area (TPSA) is 101 Å². The number of nitro groups is 1. The van der Waals surface area contributed by atoms with E-state index in [-0.39, 0.29) is 29.7 Å². The first-order valence-electron chi connectivity index (χ1n) is 8.35. The summed E-state index contributed by atoms with van der Waals surface area (Å²) in [6.45, 7) is 4.07. The highest BCUT2D eigenvalue weighted by atomic mass is 32.2. The maximum Gasteiger partial charge on any atom is 0.283 e. The van der Waals surface area contributed by atoms with Crippen LogP contribution in [0.15, 0.2) is 23.1 Å². The predicted molar refractivity (Wildman–Crippen MR) is 96.8 cm³/mol. The molecule has 8 heteroatoms. The van der Waals surface area contributed by atoms with E-state index in [0.29, 0.717) is 10.8 Å². The third-order valence-corrected chi connectivity index (χ3v) is 4.82. The fourth-order valence-corrected chi connectivity index (χ4v) is 3.35. The fraction of sp³-hybridized carbons (Fsp3) is 0.529. The van der Waals surface area contributed by atoms with E-state index in [2.05, 4.69) is 24.5 Å². The monoisotopic (exact) mass is 365 g/mol. The Morgan fingerprint density at radius 1 is 1.36 bits per heavy atom. The van der Waals surface area contributed by atoms with Crippen molar-refractivity contribution in [2.45, 2.75) is 44.0 Å². The summed E-state index contributed by atoms with van der Waals surface area (Å²) in [7, 11) is 0. The van der Waals surface area contributed by atoms with Gasteiger partial charge in [0.15, 0.2) is 0 Å². The van der Waals surface area contributed by atoms with Crippen LogP contribution in [-0.4, -0.2) is 35.1 Å². The van der Waals surface area contributed by atoms with Crippen LogP contribution in [0.3, 0.4) is 0 Å². The minimum atomic E-state index is -0.493. The Morgan fingerprint density at radius 3 is 2.68 bits per heavy atom. The number of nitrogens with zero attached hydrogens (tertiary/aromatic N) is 1. The van der Waals surface area contributed by atoms with Gasteiger partial charge in [-0.3, -0.25) is 19.7 Å². The molecule has 2 rings (SSSR count). The van der Waals surface area contributed by atoms with Crippen LogP contribution < -0.4 is 10.6 Å². The van der Waals surface area contributed by atoms with Gasteiger partial charge in [-0.1, -0.05) is 13.8 Å². The SMILES string of the molecule is CC(C)CCSc1ccc(C(=O)NCC(=O)NC2CC2)cc1[N+](=O)[O-]. The summed E-state index contributed by atoms with van der Waals surface area (Å²) in [5.74, 6) is 0.572. The number of thioether (sulfide) groups is 1. The number of carbonyl (C=O) groups is 2. The van der Waals surface area contributed by atoms with E-state index in [4.69, 9.17) is 0 Å². The summed E-state index contributed by atoms with van der Waals surface area (Å²) in [5, 5.41) is 16.5. The number of amides is 2. The highest BCUT2D eigenvalue weighted by Crippen LogP contribution is 2.31. The molecule has 0 spiro atoms. The Bertz CT molecular complexity index is 659. The van der Waals surface area contributed by atoms with E-state index >= 15 is 0 Å². The van der Waals surface area contributed by atoms with Gasteiger partial charge in [0.05, 0.1) is 16.4 Å². The Hall–Kier alpha value is -2.09. The molecule has 0 aliphatic heterocycles. The number of rotatable bonds is 9. The lowest BCUT2D eigenvalue weighted by molar-refractivity contribution is -0.387. The Morgan fingerprint density at radius 2 is 2.08 bits per heavy atom. The van der Waals surface area contributed by atoms with Crippen LogP contribution in [0.25, 0.3) is 0 Å². The highest BCUT2D eigenvalue weighted by molar-refractivity contribution is 7.99. The van der Waals surface area contributed by atoms with Crippen molar-refractivity contribution in [3.05, 3.63) is 33.9 Å². The van der Waals surface area contributed by atoms with E-state index in [9.17, 15) is 19.7 Å². The van der Waals surface area contributed by atoms with E-state index in [1.165, 1.54) is 17.8 Å². The van der Waals surface area contributed by atoms with Gasteiger partial charge in [-0.05, 0) is 43.1 Å².